The molecular formula is C15H15F3N6O. The Kier molecular flexibility index (Phi) is 3.62. The summed E-state index contributed by atoms with van der Waals surface area (Å²) < 4.78 is 39.9. The van der Waals surface area contributed by atoms with E-state index in [9.17, 15) is 18.0 Å². The Balaban J connectivity index is 1.43. The Labute approximate surface area is 141 Å². The third-order valence-electron chi connectivity index (χ3n) is 4.48. The van der Waals surface area contributed by atoms with Crippen LogP contribution in [0.25, 0.3) is 0 Å². The number of hydrogen-bond acceptors (Lipinski definition) is 5. The largest absolute Gasteiger partial charge is 0.433 e. The first-order valence-electron chi connectivity index (χ1n) is 7.90. The SMILES string of the molecule is O=C1CCCN1c1cnn(C2CN(c3cc(C(F)(F)F)ncn3)C2)c1. The van der Waals surface area contributed by atoms with Gasteiger partial charge < -0.3 is 9.80 Å². The lowest BCUT2D eigenvalue weighted by Gasteiger charge is -2.40. The number of anilines is 2. The highest BCUT2D eigenvalue weighted by Crippen LogP contribution is 2.32. The van der Waals surface area contributed by atoms with E-state index in [1.165, 1.54) is 0 Å². The summed E-state index contributed by atoms with van der Waals surface area (Å²) in [6.07, 6.45) is 1.30. The number of amides is 1. The van der Waals surface area contributed by atoms with E-state index in [1.807, 2.05) is 6.20 Å². The van der Waals surface area contributed by atoms with Gasteiger partial charge in [0.1, 0.15) is 17.8 Å². The lowest BCUT2D eigenvalue weighted by molar-refractivity contribution is -0.141. The highest BCUT2D eigenvalue weighted by atomic mass is 19.4. The van der Waals surface area contributed by atoms with Crippen LogP contribution in [0.2, 0.25) is 0 Å². The molecule has 0 N–H and O–H groups in total. The Hall–Kier alpha value is -2.65. The number of halogens is 3. The van der Waals surface area contributed by atoms with Crippen molar-refractivity contribution in [2.75, 3.05) is 29.4 Å². The molecule has 0 radical (unpaired) electrons. The van der Waals surface area contributed by atoms with E-state index in [-0.39, 0.29) is 17.8 Å². The van der Waals surface area contributed by atoms with E-state index in [2.05, 4.69) is 15.1 Å². The summed E-state index contributed by atoms with van der Waals surface area (Å²) in [6, 6.07) is 0.990. The van der Waals surface area contributed by atoms with Crippen molar-refractivity contribution in [3.63, 3.8) is 0 Å². The number of rotatable bonds is 3. The molecule has 0 saturated carbocycles. The highest BCUT2D eigenvalue weighted by Gasteiger charge is 2.35. The van der Waals surface area contributed by atoms with Gasteiger partial charge in [0.05, 0.1) is 17.9 Å². The summed E-state index contributed by atoms with van der Waals surface area (Å²) in [6.45, 7) is 1.70. The fourth-order valence-corrected chi connectivity index (χ4v) is 3.07. The van der Waals surface area contributed by atoms with Gasteiger partial charge in [0, 0.05) is 38.3 Å². The molecule has 0 aliphatic carbocycles. The Bertz CT molecular complexity index is 799. The molecule has 0 aromatic carbocycles. The van der Waals surface area contributed by atoms with Crippen molar-refractivity contribution in [2.24, 2.45) is 0 Å². The van der Waals surface area contributed by atoms with E-state index < -0.39 is 11.9 Å². The second-order valence-corrected chi connectivity index (χ2v) is 6.15. The average Bonchev–Trinajstić information content (AvgIpc) is 3.14. The van der Waals surface area contributed by atoms with Gasteiger partial charge in [0.15, 0.2) is 0 Å². The van der Waals surface area contributed by atoms with Crippen molar-refractivity contribution in [3.05, 3.63) is 30.5 Å². The molecule has 7 nitrogen and oxygen atoms in total. The maximum atomic E-state index is 12.7. The van der Waals surface area contributed by atoms with Crippen LogP contribution in [0.4, 0.5) is 24.7 Å². The molecule has 2 aliphatic heterocycles. The van der Waals surface area contributed by atoms with Crippen LogP contribution in [0.3, 0.4) is 0 Å². The van der Waals surface area contributed by atoms with Gasteiger partial charge in [-0.05, 0) is 6.42 Å². The molecule has 0 atom stereocenters. The number of carbonyl (C=O) groups is 1. The predicted molar refractivity (Wildman–Crippen MR) is 82.1 cm³/mol. The van der Waals surface area contributed by atoms with E-state index >= 15 is 0 Å². The fourth-order valence-electron chi connectivity index (χ4n) is 3.07. The first-order valence-corrected chi connectivity index (χ1v) is 7.90. The van der Waals surface area contributed by atoms with Crippen LogP contribution < -0.4 is 9.80 Å². The molecule has 132 valence electrons. The number of aromatic nitrogens is 4. The number of alkyl halides is 3. The van der Waals surface area contributed by atoms with Gasteiger partial charge in [0.2, 0.25) is 5.91 Å². The highest BCUT2D eigenvalue weighted by molar-refractivity contribution is 5.95. The van der Waals surface area contributed by atoms with Crippen molar-refractivity contribution < 1.29 is 18.0 Å². The zero-order chi connectivity index (χ0) is 17.6. The van der Waals surface area contributed by atoms with Crippen LogP contribution in [0.15, 0.2) is 24.8 Å². The van der Waals surface area contributed by atoms with Crippen LogP contribution in [-0.4, -0.2) is 45.3 Å². The van der Waals surface area contributed by atoms with Crippen molar-refractivity contribution in [2.45, 2.75) is 25.1 Å². The lowest BCUT2D eigenvalue weighted by Crippen LogP contribution is -2.48. The quantitative estimate of drug-likeness (QED) is 0.844. The molecule has 2 aliphatic rings. The van der Waals surface area contributed by atoms with Gasteiger partial charge in [-0.1, -0.05) is 0 Å². The number of carbonyl (C=O) groups excluding carboxylic acids is 1. The Morgan fingerprint density at radius 1 is 1.20 bits per heavy atom. The van der Waals surface area contributed by atoms with Crippen LogP contribution in [0.5, 0.6) is 0 Å². The smallest absolute Gasteiger partial charge is 0.352 e. The molecule has 2 saturated heterocycles. The van der Waals surface area contributed by atoms with Crippen LogP contribution in [0, 0.1) is 0 Å². The molecule has 10 heteroatoms. The normalized spacial score (nSPS) is 18.8. The van der Waals surface area contributed by atoms with Crippen molar-refractivity contribution >= 4 is 17.4 Å². The van der Waals surface area contributed by atoms with E-state index in [0.29, 0.717) is 26.1 Å². The van der Waals surface area contributed by atoms with Crippen LogP contribution in [-0.2, 0) is 11.0 Å². The van der Waals surface area contributed by atoms with E-state index in [4.69, 9.17) is 0 Å². The first-order chi connectivity index (χ1) is 11.9. The minimum Gasteiger partial charge on any atom is -0.352 e. The first kappa shape index (κ1) is 15.9. The van der Waals surface area contributed by atoms with Gasteiger partial charge >= 0.3 is 6.18 Å². The fraction of sp³-hybridized carbons (Fsp3) is 0.467. The van der Waals surface area contributed by atoms with Crippen molar-refractivity contribution in [1.82, 2.24) is 19.7 Å². The molecule has 2 aromatic rings. The number of nitrogens with zero attached hydrogens (tertiary/aromatic N) is 6. The molecular weight excluding hydrogens is 337 g/mol. The summed E-state index contributed by atoms with van der Waals surface area (Å²) >= 11 is 0. The van der Waals surface area contributed by atoms with Crippen molar-refractivity contribution in [3.8, 4) is 0 Å². The number of hydrogen-bond donors (Lipinski definition) is 0. The molecule has 0 unspecified atom stereocenters. The summed E-state index contributed by atoms with van der Waals surface area (Å²) in [5, 5.41) is 4.29. The van der Waals surface area contributed by atoms with Gasteiger partial charge in [-0.15, -0.1) is 0 Å². The van der Waals surface area contributed by atoms with Crippen molar-refractivity contribution in [1.29, 1.82) is 0 Å². The summed E-state index contributed by atoms with van der Waals surface area (Å²) in [4.78, 5) is 22.4. The monoisotopic (exact) mass is 352 g/mol. The lowest BCUT2D eigenvalue weighted by atomic mass is 10.1. The van der Waals surface area contributed by atoms with Crippen LogP contribution >= 0.6 is 0 Å². The summed E-state index contributed by atoms with van der Waals surface area (Å²) in [5.74, 6) is 0.344. The molecule has 0 bridgehead atoms. The van der Waals surface area contributed by atoms with Gasteiger partial charge in [-0.2, -0.15) is 18.3 Å². The van der Waals surface area contributed by atoms with Gasteiger partial charge in [-0.3, -0.25) is 9.48 Å². The van der Waals surface area contributed by atoms with E-state index in [0.717, 1.165) is 24.5 Å². The Morgan fingerprint density at radius 3 is 2.68 bits per heavy atom. The zero-order valence-corrected chi connectivity index (χ0v) is 13.1. The predicted octanol–water partition coefficient (Wildman–Crippen LogP) is 1.88. The maximum Gasteiger partial charge on any atom is 0.433 e. The average molecular weight is 352 g/mol. The third-order valence-corrected chi connectivity index (χ3v) is 4.48. The molecule has 4 heterocycles. The van der Waals surface area contributed by atoms with Crippen LogP contribution in [0.1, 0.15) is 24.6 Å². The minimum atomic E-state index is -4.49. The van der Waals surface area contributed by atoms with E-state index in [1.54, 1.807) is 20.7 Å². The van der Waals surface area contributed by atoms with Gasteiger partial charge in [0.25, 0.3) is 0 Å². The molecule has 0 spiro atoms. The maximum absolute atomic E-state index is 12.7. The Morgan fingerprint density at radius 2 is 2.00 bits per heavy atom. The molecule has 2 aromatic heterocycles. The van der Waals surface area contributed by atoms with Gasteiger partial charge in [-0.25, -0.2) is 9.97 Å². The third kappa shape index (κ3) is 2.92. The molecule has 25 heavy (non-hydrogen) atoms. The topological polar surface area (TPSA) is 67.2 Å². The second kappa shape index (κ2) is 5.71. The standard InChI is InChI=1S/C15H15F3N6O/c16-15(17,18)12-4-13(20-9-19-12)22-6-11(7-22)24-8-10(5-21-24)23-3-1-2-14(23)25/h4-5,8-9,11H,1-3,6-7H2. The summed E-state index contributed by atoms with van der Waals surface area (Å²) in [5.41, 5.74) is -0.183. The zero-order valence-electron chi connectivity index (χ0n) is 13.1. The summed E-state index contributed by atoms with van der Waals surface area (Å²) in [7, 11) is 0. The minimum absolute atomic E-state index is 0.0377. The molecule has 1 amide bonds. The molecule has 2 fully saturated rings. The molecule has 4 rings (SSSR count). The second-order valence-electron chi connectivity index (χ2n) is 6.15.